The van der Waals surface area contributed by atoms with E-state index in [9.17, 15) is 18.8 Å². The van der Waals surface area contributed by atoms with E-state index in [0.717, 1.165) is 11.6 Å². The highest BCUT2D eigenvalue weighted by Gasteiger charge is 2.58. The van der Waals surface area contributed by atoms with Gasteiger partial charge in [0.15, 0.2) is 5.60 Å². The first-order chi connectivity index (χ1) is 14.3. The number of esters is 1. The maximum Gasteiger partial charge on any atom is 0.409 e. The van der Waals surface area contributed by atoms with Gasteiger partial charge in [-0.25, -0.2) is 14.0 Å². The summed E-state index contributed by atoms with van der Waals surface area (Å²) in [6, 6.07) is 5.75. The van der Waals surface area contributed by atoms with E-state index in [1.807, 2.05) is 0 Å². The molecular weight excluding hydrogens is 393 g/mol. The monoisotopic (exact) mass is 411 g/mol. The Kier molecular flexibility index (Phi) is 3.86. The van der Waals surface area contributed by atoms with Crippen LogP contribution in [0.5, 0.6) is 0 Å². The van der Waals surface area contributed by atoms with Gasteiger partial charge in [0.2, 0.25) is 5.91 Å². The zero-order chi connectivity index (χ0) is 21.1. The van der Waals surface area contributed by atoms with E-state index in [1.54, 1.807) is 17.2 Å². The van der Waals surface area contributed by atoms with Crippen LogP contribution in [0.25, 0.3) is 0 Å². The number of fused-ring (bicyclic) bond motifs is 2. The number of anilines is 1. The van der Waals surface area contributed by atoms with Crippen molar-refractivity contribution in [1.82, 2.24) is 9.88 Å². The molecule has 2 N–H and O–H groups in total. The smallest absolute Gasteiger partial charge is 0.409 e. The number of amides is 2. The second-order valence-corrected chi connectivity index (χ2v) is 7.99. The van der Waals surface area contributed by atoms with Crippen LogP contribution in [0.15, 0.2) is 36.7 Å². The van der Waals surface area contributed by atoms with Gasteiger partial charge < -0.3 is 14.7 Å². The highest BCUT2D eigenvalue weighted by molar-refractivity contribution is 5.95. The van der Waals surface area contributed by atoms with Gasteiger partial charge in [-0.3, -0.25) is 15.1 Å². The Hall–Kier alpha value is -3.49. The average molecular weight is 411 g/mol. The lowest BCUT2D eigenvalue weighted by Crippen LogP contribution is -2.40. The van der Waals surface area contributed by atoms with Crippen LogP contribution >= 0.6 is 0 Å². The number of hydrogen-bond donors (Lipinski definition) is 2. The molecule has 1 spiro atoms. The van der Waals surface area contributed by atoms with Crippen molar-refractivity contribution in [3.8, 4) is 0 Å². The molecule has 8 nitrogen and oxygen atoms in total. The quantitative estimate of drug-likeness (QED) is 0.752. The molecule has 9 heteroatoms. The number of rotatable bonds is 3. The molecule has 3 heterocycles. The molecule has 2 fully saturated rings. The van der Waals surface area contributed by atoms with Gasteiger partial charge in [-0.1, -0.05) is 6.07 Å². The van der Waals surface area contributed by atoms with Crippen molar-refractivity contribution < 1.29 is 28.6 Å². The van der Waals surface area contributed by atoms with Crippen molar-refractivity contribution in [2.45, 2.75) is 30.3 Å². The molecule has 154 valence electrons. The van der Waals surface area contributed by atoms with E-state index in [2.05, 4.69) is 10.3 Å². The summed E-state index contributed by atoms with van der Waals surface area (Å²) in [7, 11) is 0. The van der Waals surface area contributed by atoms with Crippen molar-refractivity contribution in [3.63, 3.8) is 0 Å². The lowest BCUT2D eigenvalue weighted by atomic mass is 9.92. The second-order valence-electron chi connectivity index (χ2n) is 7.99. The fourth-order valence-corrected chi connectivity index (χ4v) is 4.63. The summed E-state index contributed by atoms with van der Waals surface area (Å²) in [6.07, 6.45) is 3.28. The summed E-state index contributed by atoms with van der Waals surface area (Å²) in [4.78, 5) is 42.0. The minimum absolute atomic E-state index is 0.107. The fraction of sp³-hybridized carbons (Fsp3) is 0.333. The van der Waals surface area contributed by atoms with Crippen LogP contribution in [-0.2, 0) is 20.5 Å². The number of carbonyl (C=O) groups excluding carboxylic acids is 2. The van der Waals surface area contributed by atoms with Gasteiger partial charge in [0.05, 0.1) is 17.5 Å². The molecule has 2 aromatic rings. The maximum atomic E-state index is 14.7. The first-order valence-corrected chi connectivity index (χ1v) is 9.62. The molecule has 1 saturated carbocycles. The van der Waals surface area contributed by atoms with E-state index < -0.39 is 28.9 Å². The van der Waals surface area contributed by atoms with E-state index in [0.29, 0.717) is 31.4 Å². The molecule has 1 unspecified atom stereocenters. The Labute approximate surface area is 170 Å². The minimum atomic E-state index is -1.29. The van der Waals surface area contributed by atoms with Crippen molar-refractivity contribution >= 4 is 23.7 Å². The summed E-state index contributed by atoms with van der Waals surface area (Å²) in [5.41, 5.74) is -0.318. The number of nitrogens with zero attached hydrogens (tertiary/aromatic N) is 2. The molecule has 5 rings (SSSR count). The van der Waals surface area contributed by atoms with Gasteiger partial charge in [-0.2, -0.15) is 0 Å². The Bertz CT molecular complexity index is 1100. The van der Waals surface area contributed by atoms with Crippen LogP contribution in [0, 0.1) is 5.82 Å². The fourth-order valence-electron chi connectivity index (χ4n) is 4.63. The summed E-state index contributed by atoms with van der Waals surface area (Å²) in [6.45, 7) is 0.618. The molecule has 30 heavy (non-hydrogen) atoms. The number of likely N-dealkylation sites (tertiary alicyclic amines) is 1. The van der Waals surface area contributed by atoms with Gasteiger partial charge in [0.1, 0.15) is 5.82 Å². The summed E-state index contributed by atoms with van der Waals surface area (Å²) in [5.74, 6) is -1.26. The van der Waals surface area contributed by atoms with Gasteiger partial charge in [0, 0.05) is 42.2 Å². The van der Waals surface area contributed by atoms with Crippen LogP contribution in [0.1, 0.15) is 40.7 Å². The first-order valence-electron chi connectivity index (χ1n) is 9.62. The van der Waals surface area contributed by atoms with E-state index in [1.165, 1.54) is 18.3 Å². The molecule has 1 saturated heterocycles. The Morgan fingerprint density at radius 2 is 2.00 bits per heavy atom. The van der Waals surface area contributed by atoms with Gasteiger partial charge in [-0.05, 0) is 31.0 Å². The van der Waals surface area contributed by atoms with Crippen LogP contribution in [0.2, 0.25) is 0 Å². The number of carboxylic acid groups (broad SMARTS) is 1. The average Bonchev–Trinajstić information content (AvgIpc) is 3.32. The molecular formula is C21H18FN3O5. The largest absolute Gasteiger partial charge is 0.465 e. The first kappa shape index (κ1) is 18.5. The number of benzene rings is 1. The lowest BCUT2D eigenvalue weighted by Gasteiger charge is -2.27. The predicted octanol–water partition coefficient (Wildman–Crippen LogP) is 2.64. The van der Waals surface area contributed by atoms with Crippen LogP contribution in [-0.4, -0.2) is 46.0 Å². The molecule has 3 aliphatic rings. The van der Waals surface area contributed by atoms with Gasteiger partial charge in [-0.15, -0.1) is 0 Å². The number of aromatic nitrogens is 1. The lowest BCUT2D eigenvalue weighted by molar-refractivity contribution is -0.134. The molecule has 0 bridgehead atoms. The molecule has 1 aromatic heterocycles. The number of carbonyl (C=O) groups is 3. The summed E-state index contributed by atoms with van der Waals surface area (Å²) < 4.78 is 20.4. The molecule has 2 amide bonds. The SMILES string of the molecule is O=C(O)Nc1ccc(C2(C(=O)N3CCC4(C3)OC(=O)c3cnccc34)CC2)c(F)c1. The Balaban J connectivity index is 1.40. The predicted molar refractivity (Wildman–Crippen MR) is 101 cm³/mol. The Morgan fingerprint density at radius 1 is 1.20 bits per heavy atom. The van der Waals surface area contributed by atoms with Crippen molar-refractivity contribution in [2.75, 3.05) is 18.4 Å². The van der Waals surface area contributed by atoms with Gasteiger partial charge in [0.25, 0.3) is 0 Å². The molecule has 1 atom stereocenters. The zero-order valence-corrected chi connectivity index (χ0v) is 15.9. The highest BCUT2D eigenvalue weighted by atomic mass is 19.1. The highest BCUT2D eigenvalue weighted by Crippen LogP contribution is 2.52. The van der Waals surface area contributed by atoms with Crippen molar-refractivity contribution in [2.24, 2.45) is 0 Å². The number of hydrogen-bond acceptors (Lipinski definition) is 5. The van der Waals surface area contributed by atoms with E-state index in [4.69, 9.17) is 9.84 Å². The molecule has 1 aromatic carbocycles. The molecule has 2 aliphatic heterocycles. The maximum absolute atomic E-state index is 14.7. The van der Waals surface area contributed by atoms with Crippen LogP contribution in [0.4, 0.5) is 14.9 Å². The number of nitrogens with one attached hydrogen (secondary N) is 1. The second kappa shape index (κ2) is 6.25. The normalized spacial score (nSPS) is 23.2. The van der Waals surface area contributed by atoms with E-state index >= 15 is 0 Å². The standard InChI is InChI=1S/C21H18FN3O5/c22-16-9-12(24-19(28)29)1-2-15(16)20(4-5-20)18(27)25-8-6-21(11-25)14-3-7-23-10-13(14)17(26)30-21/h1-3,7,9-10,24H,4-6,8,11H2,(H,28,29). The topological polar surface area (TPSA) is 109 Å². The minimum Gasteiger partial charge on any atom is -0.465 e. The number of ether oxygens (including phenoxy) is 1. The number of pyridine rings is 1. The molecule has 1 aliphatic carbocycles. The third kappa shape index (κ3) is 2.65. The zero-order valence-electron chi connectivity index (χ0n) is 15.9. The summed E-state index contributed by atoms with van der Waals surface area (Å²) >= 11 is 0. The number of halogens is 1. The van der Waals surface area contributed by atoms with E-state index in [-0.39, 0.29) is 23.7 Å². The van der Waals surface area contributed by atoms with Crippen LogP contribution in [0.3, 0.4) is 0 Å². The molecule has 0 radical (unpaired) electrons. The van der Waals surface area contributed by atoms with Crippen molar-refractivity contribution in [1.29, 1.82) is 0 Å². The van der Waals surface area contributed by atoms with Crippen LogP contribution < -0.4 is 5.32 Å². The third-order valence-corrected chi connectivity index (χ3v) is 6.23. The van der Waals surface area contributed by atoms with Gasteiger partial charge >= 0.3 is 12.1 Å². The Morgan fingerprint density at radius 3 is 2.70 bits per heavy atom. The van der Waals surface area contributed by atoms with Crippen molar-refractivity contribution in [3.05, 3.63) is 59.2 Å². The summed E-state index contributed by atoms with van der Waals surface area (Å²) in [5, 5.41) is 10.9. The third-order valence-electron chi connectivity index (χ3n) is 6.23.